The van der Waals surface area contributed by atoms with Crippen LogP contribution >= 0.6 is 11.9 Å². The molecule has 1 aromatic carbocycles. The molecule has 1 saturated heterocycles. The Balaban J connectivity index is 1.97. The summed E-state index contributed by atoms with van der Waals surface area (Å²) in [6, 6.07) is 5.94. The monoisotopic (exact) mass is 236 g/mol. The number of piperidine rings is 1. The third-order valence-electron chi connectivity index (χ3n) is 3.47. The Morgan fingerprint density at radius 1 is 1.31 bits per heavy atom. The number of nitrogens with one attached hydrogen (secondary N) is 1. The number of nitrogens with zero attached hydrogens (tertiary/aromatic N) is 1. The largest absolute Gasteiger partial charge is 0.316 e. The Bertz CT molecular complexity index is 450. The molecule has 16 heavy (non-hydrogen) atoms. The lowest BCUT2D eigenvalue weighted by Gasteiger charge is -2.19. The van der Waals surface area contributed by atoms with Gasteiger partial charge in [0.15, 0.2) is 0 Å². The van der Waals surface area contributed by atoms with Gasteiger partial charge in [0.1, 0.15) is 4.33 Å². The summed E-state index contributed by atoms with van der Waals surface area (Å²) in [6.07, 6.45) is 1.20. The highest BCUT2D eigenvalue weighted by molar-refractivity contribution is 7.93. The fourth-order valence-corrected chi connectivity index (χ4v) is 3.32. The van der Waals surface area contributed by atoms with Crippen LogP contribution in [0.5, 0.6) is 0 Å². The van der Waals surface area contributed by atoms with Crippen molar-refractivity contribution in [2.24, 2.45) is 0 Å². The summed E-state index contributed by atoms with van der Waals surface area (Å²) in [6.45, 7) is 2.06. The second-order valence-electron chi connectivity index (χ2n) is 4.39. The summed E-state index contributed by atoms with van der Waals surface area (Å²) in [5.41, 5.74) is 2.71. The van der Waals surface area contributed by atoms with Crippen molar-refractivity contribution in [2.75, 3.05) is 13.1 Å². The molecule has 1 fully saturated rings. The van der Waals surface area contributed by atoms with Gasteiger partial charge in [0, 0.05) is 13.1 Å². The molecule has 3 rings (SSSR count). The minimum atomic E-state index is -0.346. The highest BCUT2D eigenvalue weighted by Crippen LogP contribution is 2.44. The number of rotatable bonds is 2. The molecule has 84 valence electrons. The van der Waals surface area contributed by atoms with Crippen LogP contribution in [0.2, 0.25) is 0 Å². The van der Waals surface area contributed by atoms with Crippen LogP contribution in [0.25, 0.3) is 0 Å². The Morgan fingerprint density at radius 2 is 2.06 bits per heavy atom. The first-order chi connectivity index (χ1) is 7.74. The van der Waals surface area contributed by atoms with Crippen LogP contribution in [0.4, 0.5) is 0 Å². The Hall–Kier alpha value is -1.07. The standard InChI is InChI=1S/C11H12N2O2S/c14-13(15)16-9-1-2-10-7-3-8(6-12-5-7)11(10)4-9/h1-2,4,7-8,12H,3,5-6H2. The average molecular weight is 236 g/mol. The fourth-order valence-electron chi connectivity index (χ4n) is 2.84. The maximum Gasteiger partial charge on any atom is 0.265 e. The van der Waals surface area contributed by atoms with Gasteiger partial charge in [-0.25, -0.2) is 0 Å². The topological polar surface area (TPSA) is 55.2 Å². The van der Waals surface area contributed by atoms with Crippen molar-refractivity contribution in [3.05, 3.63) is 39.4 Å². The maximum absolute atomic E-state index is 10.5. The predicted octanol–water partition coefficient (Wildman–Crippen LogP) is 2.14. The van der Waals surface area contributed by atoms with Crippen LogP contribution in [0.3, 0.4) is 0 Å². The molecule has 0 aromatic heterocycles. The third kappa shape index (κ3) is 1.60. The Kier molecular flexibility index (Phi) is 2.37. The van der Waals surface area contributed by atoms with E-state index in [9.17, 15) is 10.1 Å². The zero-order valence-electron chi connectivity index (χ0n) is 8.68. The summed E-state index contributed by atoms with van der Waals surface area (Å²) in [5.74, 6) is 1.17. The van der Waals surface area contributed by atoms with Gasteiger partial charge in [-0.1, -0.05) is 6.07 Å². The van der Waals surface area contributed by atoms with Gasteiger partial charge < -0.3 is 5.32 Å². The molecule has 1 aromatic rings. The zero-order chi connectivity index (χ0) is 11.1. The van der Waals surface area contributed by atoms with Crippen molar-refractivity contribution in [3.8, 4) is 0 Å². The molecule has 2 unspecified atom stereocenters. The van der Waals surface area contributed by atoms with Crippen molar-refractivity contribution in [1.82, 2.24) is 5.32 Å². The molecule has 0 amide bonds. The van der Waals surface area contributed by atoms with E-state index in [0.717, 1.165) is 18.0 Å². The van der Waals surface area contributed by atoms with Gasteiger partial charge in [-0.15, -0.1) is 0 Å². The second kappa shape index (κ2) is 3.75. The lowest BCUT2D eigenvalue weighted by molar-refractivity contribution is -0.284. The van der Waals surface area contributed by atoms with E-state index < -0.39 is 0 Å². The van der Waals surface area contributed by atoms with Gasteiger partial charge in [0.25, 0.3) is 11.9 Å². The molecule has 5 heteroatoms. The number of fused-ring (bicyclic) bond motifs is 5. The first-order valence-corrected chi connectivity index (χ1v) is 6.18. The van der Waals surface area contributed by atoms with Crippen molar-refractivity contribution in [2.45, 2.75) is 23.2 Å². The van der Waals surface area contributed by atoms with Crippen LogP contribution in [0, 0.1) is 10.1 Å². The van der Waals surface area contributed by atoms with Crippen molar-refractivity contribution < 1.29 is 4.33 Å². The first-order valence-electron chi connectivity index (χ1n) is 5.41. The summed E-state index contributed by atoms with van der Waals surface area (Å²) in [4.78, 5) is 11.2. The van der Waals surface area contributed by atoms with Crippen LogP contribution in [0.1, 0.15) is 29.4 Å². The smallest absolute Gasteiger partial charge is 0.265 e. The molecule has 1 aliphatic heterocycles. The molecular weight excluding hydrogens is 224 g/mol. The van der Waals surface area contributed by atoms with Crippen LogP contribution in [-0.2, 0) is 0 Å². The van der Waals surface area contributed by atoms with Crippen molar-refractivity contribution in [3.63, 3.8) is 0 Å². The van der Waals surface area contributed by atoms with Gasteiger partial charge in [0.05, 0.1) is 4.90 Å². The first kappa shape index (κ1) is 10.1. The lowest BCUT2D eigenvalue weighted by Crippen LogP contribution is -2.28. The van der Waals surface area contributed by atoms with Crippen molar-refractivity contribution >= 4 is 11.9 Å². The minimum Gasteiger partial charge on any atom is -0.316 e. The van der Waals surface area contributed by atoms with E-state index in [1.807, 2.05) is 12.1 Å². The van der Waals surface area contributed by atoms with Gasteiger partial charge in [-0.2, -0.15) is 0 Å². The van der Waals surface area contributed by atoms with E-state index in [1.54, 1.807) is 0 Å². The molecule has 2 bridgehead atoms. The molecule has 0 saturated carbocycles. The minimum absolute atomic E-state index is 0.346. The van der Waals surface area contributed by atoms with Crippen LogP contribution < -0.4 is 5.32 Å². The van der Waals surface area contributed by atoms with Gasteiger partial charge in [0.2, 0.25) is 0 Å². The quantitative estimate of drug-likeness (QED) is 0.485. The predicted molar refractivity (Wildman–Crippen MR) is 62.3 cm³/mol. The van der Waals surface area contributed by atoms with E-state index in [-0.39, 0.29) is 4.33 Å². The average Bonchev–Trinajstić information content (AvgIpc) is 2.50. The van der Waals surface area contributed by atoms with E-state index in [0.29, 0.717) is 23.8 Å². The fraction of sp³-hybridized carbons (Fsp3) is 0.455. The molecule has 0 spiro atoms. The number of hydrogen-bond acceptors (Lipinski definition) is 4. The van der Waals surface area contributed by atoms with Gasteiger partial charge in [-0.3, -0.25) is 10.1 Å². The van der Waals surface area contributed by atoms with Crippen LogP contribution in [-0.4, -0.2) is 17.4 Å². The number of benzene rings is 1. The SMILES string of the molecule is O=[N+]([O-])Sc1ccc2c(c1)C1CNCC2C1. The summed E-state index contributed by atoms with van der Waals surface area (Å²) < 4.78 is -0.346. The van der Waals surface area contributed by atoms with Crippen molar-refractivity contribution in [1.29, 1.82) is 0 Å². The Morgan fingerprint density at radius 3 is 2.81 bits per heavy atom. The van der Waals surface area contributed by atoms with E-state index in [4.69, 9.17) is 0 Å². The van der Waals surface area contributed by atoms with E-state index >= 15 is 0 Å². The lowest BCUT2D eigenvalue weighted by atomic mass is 9.98. The third-order valence-corrected chi connectivity index (χ3v) is 4.08. The van der Waals surface area contributed by atoms with Gasteiger partial charge >= 0.3 is 0 Å². The highest BCUT2D eigenvalue weighted by atomic mass is 32.2. The normalized spacial score (nSPS) is 26.5. The zero-order valence-corrected chi connectivity index (χ0v) is 9.50. The number of hydrogen-bond donors (Lipinski definition) is 1. The van der Waals surface area contributed by atoms with E-state index in [2.05, 4.69) is 11.4 Å². The summed E-state index contributed by atoms with van der Waals surface area (Å²) in [5, 5.41) is 13.9. The molecule has 4 nitrogen and oxygen atoms in total. The summed E-state index contributed by atoms with van der Waals surface area (Å²) >= 11 is 0.700. The molecule has 1 heterocycles. The molecule has 1 N–H and O–H groups in total. The molecule has 1 aliphatic carbocycles. The van der Waals surface area contributed by atoms with Crippen LogP contribution in [0.15, 0.2) is 23.1 Å². The molecular formula is C11H12N2O2S. The number of nitro groups is 1. The van der Waals surface area contributed by atoms with Gasteiger partial charge in [-0.05, 0) is 41.5 Å². The Labute approximate surface area is 97.7 Å². The molecule has 0 radical (unpaired) electrons. The summed E-state index contributed by atoms with van der Waals surface area (Å²) in [7, 11) is 0. The molecule has 2 atom stereocenters. The molecule has 2 aliphatic rings. The second-order valence-corrected chi connectivity index (χ2v) is 5.35. The van der Waals surface area contributed by atoms with E-state index in [1.165, 1.54) is 17.5 Å². The maximum atomic E-state index is 10.5. The highest BCUT2D eigenvalue weighted by Gasteiger charge is 2.34.